The molecule has 1 aliphatic carbocycles. The van der Waals surface area contributed by atoms with Gasteiger partial charge < -0.3 is 15.3 Å². The van der Waals surface area contributed by atoms with E-state index in [-0.39, 0.29) is 22.6 Å². The van der Waals surface area contributed by atoms with E-state index in [1.165, 1.54) is 0 Å². The predicted octanol–water partition coefficient (Wildman–Crippen LogP) is 3.20. The van der Waals surface area contributed by atoms with Crippen LogP contribution in [0, 0.1) is 0 Å². The van der Waals surface area contributed by atoms with Crippen molar-refractivity contribution >= 4 is 11.6 Å². The topological polar surface area (TPSA) is 94.8 Å². The fourth-order valence-electron chi connectivity index (χ4n) is 2.52. The quantitative estimate of drug-likeness (QED) is 0.453. The molecule has 5 nitrogen and oxygen atoms in total. The molecule has 0 fully saturated rings. The van der Waals surface area contributed by atoms with Gasteiger partial charge in [-0.2, -0.15) is 0 Å². The second kappa shape index (κ2) is 5.67. The first-order valence-corrected chi connectivity index (χ1v) is 6.96. The highest BCUT2D eigenvalue weighted by atomic mass is 16.3. The number of hydrogen-bond acceptors (Lipinski definition) is 5. The van der Waals surface area contributed by atoms with Crippen molar-refractivity contribution in [2.45, 2.75) is 33.1 Å². The summed E-state index contributed by atoms with van der Waals surface area (Å²) in [6.07, 6.45) is 4.49. The zero-order valence-corrected chi connectivity index (χ0v) is 12.7. The molecule has 0 saturated heterocycles. The molecule has 0 saturated carbocycles. The van der Waals surface area contributed by atoms with Crippen molar-refractivity contribution in [3.8, 4) is 17.2 Å². The Morgan fingerprint density at radius 1 is 1.00 bits per heavy atom. The highest BCUT2D eigenvalue weighted by Crippen LogP contribution is 2.47. The maximum absolute atomic E-state index is 12.0. The van der Waals surface area contributed by atoms with Gasteiger partial charge in [-0.05, 0) is 38.3 Å². The molecular weight excluding hydrogens is 284 g/mol. The summed E-state index contributed by atoms with van der Waals surface area (Å²) in [6, 6.07) is 0. The molecule has 5 heteroatoms. The number of allylic oxidation sites excluding steroid dienone is 4. The lowest BCUT2D eigenvalue weighted by Gasteiger charge is -2.21. The molecule has 3 N–H and O–H groups in total. The number of carbonyl (C=O) groups is 2. The van der Waals surface area contributed by atoms with Gasteiger partial charge in [0.2, 0.25) is 0 Å². The fourth-order valence-corrected chi connectivity index (χ4v) is 2.52. The number of rotatable bonds is 3. The Labute approximate surface area is 128 Å². The molecule has 0 aromatic heterocycles. The Morgan fingerprint density at radius 3 is 2.00 bits per heavy atom. The summed E-state index contributed by atoms with van der Waals surface area (Å²) in [4.78, 5) is 23.8. The zero-order chi connectivity index (χ0) is 16.6. The molecule has 0 heterocycles. The monoisotopic (exact) mass is 302 g/mol. The van der Waals surface area contributed by atoms with Gasteiger partial charge in [-0.1, -0.05) is 18.6 Å². The van der Waals surface area contributed by atoms with Crippen molar-refractivity contribution in [3.63, 3.8) is 0 Å². The fraction of sp³-hybridized carbons (Fsp3) is 0.294. The van der Waals surface area contributed by atoms with E-state index in [9.17, 15) is 24.9 Å². The van der Waals surface area contributed by atoms with Crippen LogP contribution < -0.4 is 0 Å². The second-order valence-electron chi connectivity index (χ2n) is 5.69. The van der Waals surface area contributed by atoms with Crippen LogP contribution in [0.3, 0.4) is 0 Å². The van der Waals surface area contributed by atoms with Crippen LogP contribution in [-0.2, 0) is 0 Å². The first-order valence-electron chi connectivity index (χ1n) is 6.96. The summed E-state index contributed by atoms with van der Waals surface area (Å²) in [5, 5.41) is 30.6. The zero-order valence-electron chi connectivity index (χ0n) is 12.7. The summed E-state index contributed by atoms with van der Waals surface area (Å²) in [5.41, 5.74) is 0.551. The third kappa shape index (κ3) is 2.50. The molecule has 116 valence electrons. The van der Waals surface area contributed by atoms with Gasteiger partial charge in [0.1, 0.15) is 5.75 Å². The summed E-state index contributed by atoms with van der Waals surface area (Å²) < 4.78 is 0. The second-order valence-corrected chi connectivity index (χ2v) is 5.69. The Balaban J connectivity index is 2.66. The van der Waals surface area contributed by atoms with Gasteiger partial charge in [-0.15, -0.1) is 0 Å². The Kier molecular flexibility index (Phi) is 4.08. The summed E-state index contributed by atoms with van der Waals surface area (Å²) >= 11 is 0. The third-order valence-corrected chi connectivity index (χ3v) is 3.71. The third-order valence-electron chi connectivity index (χ3n) is 3.71. The van der Waals surface area contributed by atoms with Crippen molar-refractivity contribution < 1.29 is 24.9 Å². The highest BCUT2D eigenvalue weighted by Gasteiger charge is 2.33. The van der Waals surface area contributed by atoms with Crippen LogP contribution in [0.1, 0.15) is 59.4 Å². The van der Waals surface area contributed by atoms with Gasteiger partial charge in [0.05, 0.1) is 11.1 Å². The Hall–Kier alpha value is -2.56. The molecule has 1 aromatic carbocycles. The molecule has 0 amide bonds. The molecule has 1 aliphatic rings. The smallest absolute Gasteiger partial charge is 0.190 e. The van der Waals surface area contributed by atoms with Crippen molar-refractivity contribution in [1.29, 1.82) is 0 Å². The Bertz CT molecular complexity index is 721. The van der Waals surface area contributed by atoms with E-state index in [1.54, 1.807) is 6.92 Å². The maximum atomic E-state index is 12.0. The minimum Gasteiger partial charge on any atom is -0.507 e. The average molecular weight is 302 g/mol. The van der Waals surface area contributed by atoms with E-state index < -0.39 is 28.8 Å². The molecule has 1 aromatic rings. The van der Waals surface area contributed by atoms with Gasteiger partial charge in [-0.25, -0.2) is 0 Å². The van der Waals surface area contributed by atoms with E-state index >= 15 is 0 Å². The first-order chi connectivity index (χ1) is 10.3. The van der Waals surface area contributed by atoms with E-state index in [0.29, 0.717) is 6.42 Å². The van der Waals surface area contributed by atoms with Crippen molar-refractivity contribution in [1.82, 2.24) is 0 Å². The molecular formula is C17H18O5. The maximum Gasteiger partial charge on any atom is 0.190 e. The first kappa shape index (κ1) is 15.8. The van der Waals surface area contributed by atoms with E-state index in [0.717, 1.165) is 17.7 Å². The predicted molar refractivity (Wildman–Crippen MR) is 81.7 cm³/mol. The number of hydrogen-bond donors (Lipinski definition) is 3. The number of aromatic hydroxyl groups is 3. The highest BCUT2D eigenvalue weighted by molar-refractivity contribution is 6.24. The van der Waals surface area contributed by atoms with Crippen LogP contribution >= 0.6 is 0 Å². The van der Waals surface area contributed by atoms with Gasteiger partial charge in [-0.3, -0.25) is 9.59 Å². The van der Waals surface area contributed by atoms with Gasteiger partial charge in [0.25, 0.3) is 0 Å². The van der Waals surface area contributed by atoms with Crippen molar-refractivity contribution in [3.05, 3.63) is 40.5 Å². The summed E-state index contributed by atoms with van der Waals surface area (Å²) in [7, 11) is 0. The summed E-state index contributed by atoms with van der Waals surface area (Å²) in [6.45, 7) is 5.60. The Morgan fingerprint density at radius 2 is 1.50 bits per heavy atom. The van der Waals surface area contributed by atoms with Crippen molar-refractivity contribution in [2.24, 2.45) is 0 Å². The van der Waals surface area contributed by atoms with Gasteiger partial charge in [0.15, 0.2) is 23.1 Å². The van der Waals surface area contributed by atoms with Crippen LogP contribution in [0.25, 0.3) is 0 Å². The van der Waals surface area contributed by atoms with Crippen LogP contribution in [0.2, 0.25) is 0 Å². The number of phenolic OH excluding ortho intramolecular Hbond substituents is 3. The standard InChI is InChI=1S/C17H18O5/c1-8(2)4-5-9(3)12-15(20)13-10(18)6-7-11(19)14(13)17(22)16(12)21/h4,6-7,9,20-22H,5H2,1-3H3/t9-/m1/s1. The minimum absolute atomic E-state index is 0.0743. The van der Waals surface area contributed by atoms with E-state index in [1.807, 2.05) is 19.9 Å². The largest absolute Gasteiger partial charge is 0.507 e. The van der Waals surface area contributed by atoms with Crippen molar-refractivity contribution in [2.75, 3.05) is 0 Å². The van der Waals surface area contributed by atoms with E-state index in [2.05, 4.69) is 0 Å². The molecule has 22 heavy (non-hydrogen) atoms. The average Bonchev–Trinajstić information content (AvgIpc) is 2.45. The molecule has 0 unspecified atom stereocenters. The molecule has 0 aliphatic heterocycles. The molecule has 2 rings (SSSR count). The van der Waals surface area contributed by atoms with Crippen LogP contribution in [0.5, 0.6) is 17.2 Å². The lowest BCUT2D eigenvalue weighted by Crippen LogP contribution is -2.14. The lowest BCUT2D eigenvalue weighted by atomic mass is 9.85. The molecule has 1 atom stereocenters. The van der Waals surface area contributed by atoms with Gasteiger partial charge in [0, 0.05) is 5.56 Å². The number of benzene rings is 1. The lowest BCUT2D eigenvalue weighted by molar-refractivity contribution is 0.0988. The van der Waals surface area contributed by atoms with E-state index in [4.69, 9.17) is 0 Å². The minimum atomic E-state index is -0.658. The SMILES string of the molecule is CC(C)=CC[C@@H](C)c1c(O)c(O)c2c(c1O)C(=O)C=CC2=O. The number of fused-ring (bicyclic) bond motifs is 1. The molecule has 0 spiro atoms. The van der Waals surface area contributed by atoms with Crippen LogP contribution in [0.4, 0.5) is 0 Å². The van der Waals surface area contributed by atoms with Gasteiger partial charge >= 0.3 is 0 Å². The van der Waals surface area contributed by atoms with Crippen LogP contribution in [-0.4, -0.2) is 26.9 Å². The summed E-state index contributed by atoms with van der Waals surface area (Å²) in [5.74, 6) is -3.18. The number of ketones is 2. The molecule has 0 radical (unpaired) electrons. The number of carbonyl (C=O) groups excluding carboxylic acids is 2. The van der Waals surface area contributed by atoms with Crippen LogP contribution in [0.15, 0.2) is 23.8 Å². The normalized spacial score (nSPS) is 14.7. The molecule has 0 bridgehead atoms. The number of phenols is 3.